The van der Waals surface area contributed by atoms with Gasteiger partial charge in [0.1, 0.15) is 11.6 Å². The molecule has 0 atom stereocenters. The van der Waals surface area contributed by atoms with Gasteiger partial charge in [0.05, 0.1) is 6.61 Å². The number of hydrogen-bond acceptors (Lipinski definition) is 5. The van der Waals surface area contributed by atoms with E-state index in [9.17, 15) is 0 Å². The number of ether oxygens (including phenoxy) is 1. The quantitative estimate of drug-likeness (QED) is 0.661. The van der Waals surface area contributed by atoms with Crippen LogP contribution in [0.1, 0.15) is 23.2 Å². The maximum atomic E-state index is 5.64. The predicted octanol–water partition coefficient (Wildman–Crippen LogP) is 4.15. The first-order chi connectivity index (χ1) is 10.8. The summed E-state index contributed by atoms with van der Waals surface area (Å²) in [6.45, 7) is 2.67. The largest absolute Gasteiger partial charge is 0.494 e. The number of thiophene rings is 1. The minimum absolute atomic E-state index is 0.674. The van der Waals surface area contributed by atoms with E-state index in [2.05, 4.69) is 38.8 Å². The highest BCUT2D eigenvalue weighted by Gasteiger charge is 2.08. The first-order valence-corrected chi connectivity index (χ1v) is 8.99. The Morgan fingerprint density at radius 1 is 1.23 bits per heavy atom. The summed E-state index contributed by atoms with van der Waals surface area (Å²) >= 11 is 3.35. The van der Waals surface area contributed by atoms with E-state index in [1.165, 1.54) is 10.4 Å². The first kappa shape index (κ1) is 15.1. The second-order valence-corrected chi connectivity index (χ2v) is 6.62. The molecule has 0 aliphatic heterocycles. The number of thioether (sulfide) groups is 1. The summed E-state index contributed by atoms with van der Waals surface area (Å²) in [5, 5.41) is 10.1. The molecule has 1 N–H and O–H groups in total. The molecule has 0 radical (unpaired) electrons. The Morgan fingerprint density at radius 2 is 2.14 bits per heavy atom. The van der Waals surface area contributed by atoms with E-state index in [1.807, 2.05) is 25.1 Å². The fourth-order valence-electron chi connectivity index (χ4n) is 2.06. The summed E-state index contributed by atoms with van der Waals surface area (Å²) in [7, 11) is 0. The summed E-state index contributed by atoms with van der Waals surface area (Å²) in [6, 6.07) is 12.3. The Kier molecular flexibility index (Phi) is 5.13. The number of nitrogens with zero attached hydrogens (tertiary/aromatic N) is 2. The van der Waals surface area contributed by atoms with E-state index < -0.39 is 0 Å². The van der Waals surface area contributed by atoms with Gasteiger partial charge >= 0.3 is 0 Å². The molecule has 0 bridgehead atoms. The second kappa shape index (κ2) is 7.47. The molecule has 0 aliphatic rings. The van der Waals surface area contributed by atoms with Crippen LogP contribution in [0.3, 0.4) is 0 Å². The predicted molar refractivity (Wildman–Crippen MR) is 90.7 cm³/mol. The van der Waals surface area contributed by atoms with Crippen molar-refractivity contribution in [1.82, 2.24) is 15.2 Å². The van der Waals surface area contributed by atoms with Crippen molar-refractivity contribution in [3.8, 4) is 5.75 Å². The third kappa shape index (κ3) is 3.90. The van der Waals surface area contributed by atoms with Crippen LogP contribution in [0.5, 0.6) is 5.75 Å². The average molecular weight is 331 g/mol. The molecule has 6 heteroatoms. The number of hydrogen-bond donors (Lipinski definition) is 1. The minimum atomic E-state index is 0.674. The van der Waals surface area contributed by atoms with Crippen LogP contribution in [0.4, 0.5) is 0 Å². The lowest BCUT2D eigenvalue weighted by molar-refractivity contribution is 0.337. The molecule has 0 aliphatic carbocycles. The Bertz CT molecular complexity index is 710. The molecule has 3 rings (SSSR count). The van der Waals surface area contributed by atoms with Crippen LogP contribution in [0.15, 0.2) is 46.9 Å². The normalized spacial score (nSPS) is 10.8. The van der Waals surface area contributed by atoms with Crippen molar-refractivity contribution in [2.45, 2.75) is 24.3 Å². The van der Waals surface area contributed by atoms with Gasteiger partial charge in [0.15, 0.2) is 0 Å². The zero-order valence-corrected chi connectivity index (χ0v) is 13.9. The molecule has 0 saturated carbocycles. The Hall–Kier alpha value is -1.79. The topological polar surface area (TPSA) is 50.8 Å². The maximum absolute atomic E-state index is 5.64. The number of nitrogens with one attached hydrogen (secondary N) is 1. The lowest BCUT2D eigenvalue weighted by Crippen LogP contribution is -1.95. The van der Waals surface area contributed by atoms with E-state index in [1.54, 1.807) is 23.1 Å². The van der Waals surface area contributed by atoms with Gasteiger partial charge in [-0.2, -0.15) is 0 Å². The summed E-state index contributed by atoms with van der Waals surface area (Å²) in [5.74, 6) is 2.64. The molecule has 22 heavy (non-hydrogen) atoms. The average Bonchev–Trinajstić information content (AvgIpc) is 3.19. The Balaban J connectivity index is 1.61. The van der Waals surface area contributed by atoms with Crippen LogP contribution in [0.25, 0.3) is 0 Å². The van der Waals surface area contributed by atoms with Gasteiger partial charge in [-0.05, 0) is 24.4 Å². The number of rotatable bonds is 7. The van der Waals surface area contributed by atoms with Crippen molar-refractivity contribution in [3.05, 3.63) is 58.0 Å². The highest BCUT2D eigenvalue weighted by Crippen LogP contribution is 2.26. The highest BCUT2D eigenvalue weighted by molar-refractivity contribution is 7.98. The van der Waals surface area contributed by atoms with Gasteiger partial charge in [-0.3, -0.25) is 5.10 Å². The van der Waals surface area contributed by atoms with Crippen molar-refractivity contribution in [2.24, 2.45) is 0 Å². The molecule has 3 aromatic rings. The van der Waals surface area contributed by atoms with Crippen molar-refractivity contribution >= 4 is 23.1 Å². The zero-order chi connectivity index (χ0) is 15.2. The molecule has 0 unspecified atom stereocenters. The van der Waals surface area contributed by atoms with Crippen molar-refractivity contribution in [1.29, 1.82) is 0 Å². The minimum Gasteiger partial charge on any atom is -0.494 e. The molecule has 0 fully saturated rings. The van der Waals surface area contributed by atoms with E-state index in [0.717, 1.165) is 28.9 Å². The van der Waals surface area contributed by atoms with E-state index in [0.29, 0.717) is 6.61 Å². The molecule has 0 amide bonds. The third-order valence-electron chi connectivity index (χ3n) is 3.06. The second-order valence-electron chi connectivity index (χ2n) is 4.65. The van der Waals surface area contributed by atoms with Gasteiger partial charge in [0.2, 0.25) is 5.16 Å². The SMILES string of the molecule is CCOc1ccccc1CSc1n[nH]c(Cc2cccs2)n1. The summed E-state index contributed by atoms with van der Waals surface area (Å²) < 4.78 is 5.64. The lowest BCUT2D eigenvalue weighted by atomic mass is 10.2. The number of benzene rings is 1. The van der Waals surface area contributed by atoms with Crippen LogP contribution >= 0.6 is 23.1 Å². The summed E-state index contributed by atoms with van der Waals surface area (Å²) in [5.41, 5.74) is 1.17. The van der Waals surface area contributed by atoms with Gasteiger partial charge in [-0.1, -0.05) is 36.0 Å². The molecular formula is C16H17N3OS2. The van der Waals surface area contributed by atoms with E-state index >= 15 is 0 Å². The van der Waals surface area contributed by atoms with Gasteiger partial charge in [-0.25, -0.2) is 4.98 Å². The first-order valence-electron chi connectivity index (χ1n) is 7.12. The van der Waals surface area contributed by atoms with Crippen molar-refractivity contribution < 1.29 is 4.74 Å². The zero-order valence-electron chi connectivity index (χ0n) is 12.3. The van der Waals surface area contributed by atoms with E-state index in [-0.39, 0.29) is 0 Å². The monoisotopic (exact) mass is 331 g/mol. The molecule has 0 saturated heterocycles. The number of para-hydroxylation sites is 1. The molecule has 1 aromatic carbocycles. The van der Waals surface area contributed by atoms with Crippen LogP contribution in [-0.2, 0) is 12.2 Å². The smallest absolute Gasteiger partial charge is 0.208 e. The summed E-state index contributed by atoms with van der Waals surface area (Å²) in [4.78, 5) is 5.82. The highest BCUT2D eigenvalue weighted by atomic mass is 32.2. The lowest BCUT2D eigenvalue weighted by Gasteiger charge is -2.08. The van der Waals surface area contributed by atoms with Gasteiger partial charge in [0, 0.05) is 22.6 Å². The van der Waals surface area contributed by atoms with Gasteiger partial charge in [-0.15, -0.1) is 16.4 Å². The fraction of sp³-hybridized carbons (Fsp3) is 0.250. The fourth-order valence-corrected chi connectivity index (χ4v) is 3.58. The number of aromatic amines is 1. The molecule has 2 aromatic heterocycles. The Labute approximate surface area is 137 Å². The third-order valence-corrected chi connectivity index (χ3v) is 4.83. The molecule has 0 spiro atoms. The Morgan fingerprint density at radius 3 is 2.95 bits per heavy atom. The molecular weight excluding hydrogens is 314 g/mol. The van der Waals surface area contributed by atoms with Crippen LogP contribution in [-0.4, -0.2) is 21.8 Å². The molecule has 2 heterocycles. The van der Waals surface area contributed by atoms with Crippen LogP contribution in [0.2, 0.25) is 0 Å². The van der Waals surface area contributed by atoms with E-state index in [4.69, 9.17) is 4.74 Å². The molecule has 4 nitrogen and oxygen atoms in total. The van der Waals surface area contributed by atoms with Crippen LogP contribution < -0.4 is 4.74 Å². The standard InChI is InChI=1S/C16H17N3OS2/c1-2-20-14-8-4-3-6-12(14)11-22-16-17-15(18-19-16)10-13-7-5-9-21-13/h3-9H,2,10-11H2,1H3,(H,17,18,19). The van der Waals surface area contributed by atoms with Crippen molar-refractivity contribution in [2.75, 3.05) is 6.61 Å². The maximum Gasteiger partial charge on any atom is 0.208 e. The number of H-pyrrole nitrogens is 1. The van der Waals surface area contributed by atoms with Crippen LogP contribution in [0, 0.1) is 0 Å². The van der Waals surface area contributed by atoms with Gasteiger partial charge in [0.25, 0.3) is 0 Å². The molecule has 114 valence electrons. The van der Waals surface area contributed by atoms with Crippen molar-refractivity contribution in [3.63, 3.8) is 0 Å². The summed E-state index contributed by atoms with van der Waals surface area (Å²) in [6.07, 6.45) is 0.806. The van der Waals surface area contributed by atoms with Gasteiger partial charge < -0.3 is 4.74 Å². The number of aromatic nitrogens is 3.